The number of nitrogens with one attached hydrogen (secondary N) is 1. The number of para-hydroxylation sites is 1. The van der Waals surface area contributed by atoms with Gasteiger partial charge in [-0.1, -0.05) is 31.0 Å². The monoisotopic (exact) mass is 410 g/mol. The van der Waals surface area contributed by atoms with E-state index >= 15 is 0 Å². The summed E-state index contributed by atoms with van der Waals surface area (Å²) in [4.78, 5) is 40.6. The minimum Gasteiger partial charge on any atom is -0.464 e. The lowest BCUT2D eigenvalue weighted by atomic mass is 9.92. The average molecular weight is 410 g/mol. The van der Waals surface area contributed by atoms with Gasteiger partial charge in [-0.25, -0.2) is 4.79 Å². The van der Waals surface area contributed by atoms with E-state index in [1.807, 2.05) is 31.2 Å². The lowest BCUT2D eigenvalue weighted by Crippen LogP contribution is -2.65. The lowest BCUT2D eigenvalue weighted by Gasteiger charge is -2.44. The van der Waals surface area contributed by atoms with Gasteiger partial charge in [0.25, 0.3) is 5.91 Å². The van der Waals surface area contributed by atoms with Gasteiger partial charge in [0.05, 0.1) is 13.7 Å². The van der Waals surface area contributed by atoms with Crippen LogP contribution in [-0.2, 0) is 16.1 Å². The lowest BCUT2D eigenvalue weighted by molar-refractivity contribution is -0.127. The van der Waals surface area contributed by atoms with E-state index < -0.39 is 11.5 Å². The molecule has 1 atom stereocenters. The molecule has 8 heteroatoms. The first-order valence-corrected chi connectivity index (χ1v) is 10.2. The van der Waals surface area contributed by atoms with Gasteiger partial charge in [0.1, 0.15) is 11.2 Å². The van der Waals surface area contributed by atoms with E-state index in [4.69, 9.17) is 4.74 Å². The molecule has 0 spiro atoms. The van der Waals surface area contributed by atoms with Crippen LogP contribution < -0.4 is 10.2 Å². The number of benzene rings is 1. The smallest absolute Gasteiger partial charge is 0.358 e. The fourth-order valence-corrected chi connectivity index (χ4v) is 4.39. The Labute approximate surface area is 175 Å². The van der Waals surface area contributed by atoms with Crippen molar-refractivity contribution in [3.63, 3.8) is 0 Å². The Balaban J connectivity index is 1.80. The molecule has 1 saturated carbocycles. The van der Waals surface area contributed by atoms with Crippen LogP contribution in [0.4, 0.5) is 5.69 Å². The number of methoxy groups -OCH3 is 1. The summed E-state index contributed by atoms with van der Waals surface area (Å²) < 4.78 is 6.19. The molecular weight excluding hydrogens is 384 g/mol. The second kappa shape index (κ2) is 7.59. The molecule has 158 valence electrons. The Morgan fingerprint density at radius 1 is 1.23 bits per heavy atom. The van der Waals surface area contributed by atoms with Crippen molar-refractivity contribution < 1.29 is 19.1 Å². The number of hydrogen-bond acceptors (Lipinski definition) is 5. The first-order valence-electron chi connectivity index (χ1n) is 10.2. The first-order chi connectivity index (χ1) is 14.3. The summed E-state index contributed by atoms with van der Waals surface area (Å²) in [6, 6.07) is 9.02. The summed E-state index contributed by atoms with van der Waals surface area (Å²) >= 11 is 0. The van der Waals surface area contributed by atoms with Gasteiger partial charge in [-0.3, -0.25) is 19.2 Å². The number of rotatable bonds is 4. The summed E-state index contributed by atoms with van der Waals surface area (Å²) in [6.07, 6.45) is 4.07. The molecule has 1 aromatic heterocycles. The molecule has 1 aromatic carbocycles. The first kappa shape index (κ1) is 20.1. The normalized spacial score (nSPS) is 21.4. The molecule has 2 aromatic rings. The molecule has 30 heavy (non-hydrogen) atoms. The molecule has 2 aliphatic rings. The van der Waals surface area contributed by atoms with E-state index in [9.17, 15) is 14.4 Å². The van der Waals surface area contributed by atoms with E-state index in [1.165, 1.54) is 17.9 Å². The second-order valence-electron chi connectivity index (χ2n) is 8.22. The zero-order valence-corrected chi connectivity index (χ0v) is 17.5. The number of anilines is 1. The van der Waals surface area contributed by atoms with Crippen molar-refractivity contribution in [2.75, 3.05) is 12.0 Å². The van der Waals surface area contributed by atoms with Gasteiger partial charge >= 0.3 is 5.97 Å². The van der Waals surface area contributed by atoms with Crippen LogP contribution in [0.15, 0.2) is 30.3 Å². The van der Waals surface area contributed by atoms with Crippen molar-refractivity contribution in [3.05, 3.63) is 47.3 Å². The highest BCUT2D eigenvalue weighted by atomic mass is 16.5. The molecule has 0 bridgehead atoms. The van der Waals surface area contributed by atoms with Gasteiger partial charge in [0.2, 0.25) is 5.91 Å². The van der Waals surface area contributed by atoms with Gasteiger partial charge in [-0.15, -0.1) is 0 Å². The van der Waals surface area contributed by atoms with Crippen LogP contribution in [0.5, 0.6) is 0 Å². The largest absolute Gasteiger partial charge is 0.464 e. The van der Waals surface area contributed by atoms with Crippen molar-refractivity contribution in [1.82, 2.24) is 15.1 Å². The van der Waals surface area contributed by atoms with E-state index in [0.29, 0.717) is 5.69 Å². The number of fused-ring (bicyclic) bond motifs is 1. The quantitative estimate of drug-likeness (QED) is 0.782. The van der Waals surface area contributed by atoms with E-state index in [2.05, 4.69) is 10.4 Å². The molecular formula is C22H26N4O4. The van der Waals surface area contributed by atoms with E-state index in [0.717, 1.165) is 31.2 Å². The Morgan fingerprint density at radius 2 is 1.93 bits per heavy atom. The molecule has 0 saturated heterocycles. The Hall–Kier alpha value is -3.16. The van der Waals surface area contributed by atoms with E-state index in [1.54, 1.807) is 11.8 Å². The molecule has 1 fully saturated rings. The number of amides is 2. The zero-order chi connectivity index (χ0) is 21.5. The van der Waals surface area contributed by atoms with Crippen LogP contribution in [0, 0.1) is 6.92 Å². The number of carbonyl (C=O) groups excluding carboxylic acids is 3. The predicted molar refractivity (Wildman–Crippen MR) is 110 cm³/mol. The predicted octanol–water partition coefficient (Wildman–Crippen LogP) is 2.46. The highest BCUT2D eigenvalue weighted by Gasteiger charge is 2.50. The van der Waals surface area contributed by atoms with Crippen LogP contribution in [0.2, 0.25) is 0 Å². The van der Waals surface area contributed by atoms with Crippen molar-refractivity contribution >= 4 is 23.5 Å². The SMILES string of the molecule is COC(=O)c1cc2n(n1)C[C@@](C)(C(=O)NC1CCCC1)N(c1ccccc1C)C2=O. The Morgan fingerprint density at radius 3 is 2.60 bits per heavy atom. The minimum atomic E-state index is -1.20. The van der Waals surface area contributed by atoms with Gasteiger partial charge in [0, 0.05) is 17.8 Å². The number of aromatic nitrogens is 2. The molecule has 1 N–H and O–H groups in total. The molecule has 2 heterocycles. The average Bonchev–Trinajstić information content (AvgIpc) is 3.38. The highest BCUT2D eigenvalue weighted by Crippen LogP contribution is 2.35. The van der Waals surface area contributed by atoms with Gasteiger partial charge in [-0.05, 0) is 38.3 Å². The third-order valence-corrected chi connectivity index (χ3v) is 6.08. The number of nitrogens with zero attached hydrogens (tertiary/aromatic N) is 3. The van der Waals surface area contributed by atoms with Crippen molar-refractivity contribution in [2.45, 2.75) is 57.7 Å². The fourth-order valence-electron chi connectivity index (χ4n) is 4.39. The maximum atomic E-state index is 13.6. The second-order valence-corrected chi connectivity index (χ2v) is 8.22. The van der Waals surface area contributed by atoms with Crippen LogP contribution in [-0.4, -0.2) is 46.3 Å². The van der Waals surface area contributed by atoms with Crippen molar-refractivity contribution in [1.29, 1.82) is 0 Å². The van der Waals surface area contributed by atoms with Crippen LogP contribution in [0.1, 0.15) is 59.1 Å². The van der Waals surface area contributed by atoms with Crippen LogP contribution >= 0.6 is 0 Å². The molecule has 8 nitrogen and oxygen atoms in total. The summed E-state index contributed by atoms with van der Waals surface area (Å²) in [6.45, 7) is 3.80. The standard InChI is InChI=1S/C22H26N4O4/c1-14-8-4-7-11-17(14)26-19(27)18-12-16(20(28)30-3)24-25(18)13-22(26,2)21(29)23-15-9-5-6-10-15/h4,7-8,11-12,15H,5-6,9-10,13H2,1-3H3,(H,23,29)/t22-/m0/s1. The maximum Gasteiger partial charge on any atom is 0.358 e. The van der Waals surface area contributed by atoms with Gasteiger partial charge < -0.3 is 10.1 Å². The summed E-state index contributed by atoms with van der Waals surface area (Å²) in [5, 5.41) is 7.38. The van der Waals surface area contributed by atoms with Crippen molar-refractivity contribution in [2.24, 2.45) is 0 Å². The van der Waals surface area contributed by atoms with E-state index in [-0.39, 0.29) is 35.8 Å². The molecule has 4 rings (SSSR count). The van der Waals surface area contributed by atoms with Gasteiger partial charge in [0.15, 0.2) is 5.69 Å². The van der Waals surface area contributed by atoms with Gasteiger partial charge in [-0.2, -0.15) is 5.10 Å². The maximum absolute atomic E-state index is 13.6. The molecule has 1 aliphatic carbocycles. The number of aryl methyl sites for hydroxylation is 1. The molecule has 1 aliphatic heterocycles. The highest BCUT2D eigenvalue weighted by molar-refractivity contribution is 6.12. The summed E-state index contributed by atoms with van der Waals surface area (Å²) in [7, 11) is 1.27. The zero-order valence-electron chi connectivity index (χ0n) is 17.5. The number of esters is 1. The molecule has 0 radical (unpaired) electrons. The van der Waals surface area contributed by atoms with Crippen LogP contribution in [0.25, 0.3) is 0 Å². The third kappa shape index (κ3) is 3.26. The third-order valence-electron chi connectivity index (χ3n) is 6.08. The van der Waals surface area contributed by atoms with Crippen LogP contribution in [0.3, 0.4) is 0 Å². The number of ether oxygens (including phenoxy) is 1. The Kier molecular flexibility index (Phi) is 5.09. The molecule has 0 unspecified atom stereocenters. The number of hydrogen-bond donors (Lipinski definition) is 1. The number of carbonyl (C=O) groups is 3. The summed E-state index contributed by atoms with van der Waals surface area (Å²) in [5.41, 5.74) is 0.652. The summed E-state index contributed by atoms with van der Waals surface area (Å²) in [5.74, 6) is -1.21. The Bertz CT molecular complexity index is 1010. The topological polar surface area (TPSA) is 93.5 Å². The fraction of sp³-hybridized carbons (Fsp3) is 0.455. The minimum absolute atomic E-state index is 0.0473. The molecule has 2 amide bonds. The van der Waals surface area contributed by atoms with Crippen molar-refractivity contribution in [3.8, 4) is 0 Å².